The van der Waals surface area contributed by atoms with Crippen LogP contribution in [-0.4, -0.2) is 4.92 Å². The summed E-state index contributed by atoms with van der Waals surface area (Å²) < 4.78 is 1.10. The smallest absolute Gasteiger partial charge is 0.307 e. The third-order valence-corrected chi connectivity index (χ3v) is 5.07. The van der Waals surface area contributed by atoms with Crippen molar-refractivity contribution in [3.8, 4) is 0 Å². The van der Waals surface area contributed by atoms with Crippen molar-refractivity contribution in [2.24, 2.45) is 0 Å². The Morgan fingerprint density at radius 2 is 2.18 bits per heavy atom. The van der Waals surface area contributed by atoms with Crippen molar-refractivity contribution in [1.82, 2.24) is 5.32 Å². The molecule has 0 aliphatic carbocycles. The van der Waals surface area contributed by atoms with Crippen molar-refractivity contribution in [3.63, 3.8) is 0 Å². The molecule has 17 heavy (non-hydrogen) atoms. The van der Waals surface area contributed by atoms with Crippen LogP contribution in [-0.2, 0) is 13.1 Å². The van der Waals surface area contributed by atoms with Crippen LogP contribution < -0.4 is 5.32 Å². The predicted octanol–water partition coefficient (Wildman–Crippen LogP) is 3.77. The molecule has 2 heterocycles. The van der Waals surface area contributed by atoms with Gasteiger partial charge in [0.15, 0.2) is 0 Å². The first-order valence-electron chi connectivity index (χ1n) is 4.82. The molecule has 0 spiro atoms. The van der Waals surface area contributed by atoms with E-state index in [1.807, 2.05) is 11.4 Å². The van der Waals surface area contributed by atoms with Gasteiger partial charge in [0.05, 0.1) is 4.92 Å². The quantitative estimate of drug-likeness (QED) is 0.669. The van der Waals surface area contributed by atoms with Crippen molar-refractivity contribution in [3.05, 3.63) is 47.9 Å². The van der Waals surface area contributed by atoms with Crippen molar-refractivity contribution < 1.29 is 4.92 Å². The molecule has 2 aromatic rings. The summed E-state index contributed by atoms with van der Waals surface area (Å²) in [5.74, 6) is 0. The first-order chi connectivity index (χ1) is 8.16. The SMILES string of the molecule is O=[N+]([O-])c1ccc(CNCc2sccc2Br)s1. The second-order valence-electron chi connectivity index (χ2n) is 3.29. The Labute approximate surface area is 115 Å². The van der Waals surface area contributed by atoms with Crippen molar-refractivity contribution in [1.29, 1.82) is 0 Å². The highest BCUT2D eigenvalue weighted by Crippen LogP contribution is 2.25. The third-order valence-electron chi connectivity index (χ3n) is 2.10. The minimum Gasteiger partial charge on any atom is -0.307 e. The Morgan fingerprint density at radius 1 is 1.35 bits per heavy atom. The molecule has 0 saturated carbocycles. The van der Waals surface area contributed by atoms with Gasteiger partial charge in [-0.3, -0.25) is 10.1 Å². The highest BCUT2D eigenvalue weighted by molar-refractivity contribution is 9.10. The van der Waals surface area contributed by atoms with Crippen molar-refractivity contribution in [2.75, 3.05) is 0 Å². The molecule has 0 saturated heterocycles. The minimum absolute atomic E-state index is 0.194. The van der Waals surface area contributed by atoms with Gasteiger partial charge in [-0.1, -0.05) is 11.3 Å². The fourth-order valence-corrected chi connectivity index (χ4v) is 3.56. The van der Waals surface area contributed by atoms with Crippen LogP contribution in [0, 0.1) is 10.1 Å². The van der Waals surface area contributed by atoms with E-state index in [4.69, 9.17) is 0 Å². The van der Waals surface area contributed by atoms with Gasteiger partial charge in [0, 0.05) is 33.4 Å². The zero-order valence-corrected chi connectivity index (χ0v) is 11.9. The maximum Gasteiger partial charge on any atom is 0.324 e. The number of rotatable bonds is 5. The number of halogens is 1. The third kappa shape index (κ3) is 3.35. The van der Waals surface area contributed by atoms with E-state index in [2.05, 4.69) is 21.2 Å². The van der Waals surface area contributed by atoms with Gasteiger partial charge in [0.2, 0.25) is 0 Å². The largest absolute Gasteiger partial charge is 0.324 e. The second-order valence-corrected chi connectivity index (χ2v) is 6.29. The lowest BCUT2D eigenvalue weighted by molar-refractivity contribution is -0.380. The van der Waals surface area contributed by atoms with E-state index in [-0.39, 0.29) is 9.92 Å². The van der Waals surface area contributed by atoms with Gasteiger partial charge in [0.1, 0.15) is 0 Å². The molecule has 2 aromatic heterocycles. The van der Waals surface area contributed by atoms with Crippen LogP contribution >= 0.6 is 38.6 Å². The van der Waals surface area contributed by atoms with Crippen LogP contribution in [0.4, 0.5) is 5.00 Å². The van der Waals surface area contributed by atoms with Crippen LogP contribution in [0.3, 0.4) is 0 Å². The number of hydrogen-bond acceptors (Lipinski definition) is 5. The predicted molar refractivity (Wildman–Crippen MR) is 73.5 cm³/mol. The van der Waals surface area contributed by atoms with Gasteiger partial charge in [-0.2, -0.15) is 0 Å². The summed E-state index contributed by atoms with van der Waals surface area (Å²) in [6.07, 6.45) is 0. The molecule has 2 rings (SSSR count). The molecular formula is C10H9BrN2O2S2. The highest BCUT2D eigenvalue weighted by atomic mass is 79.9. The Balaban J connectivity index is 1.86. The lowest BCUT2D eigenvalue weighted by Crippen LogP contribution is -2.10. The van der Waals surface area contributed by atoms with Gasteiger partial charge in [-0.05, 0) is 33.4 Å². The Morgan fingerprint density at radius 3 is 2.76 bits per heavy atom. The summed E-state index contributed by atoms with van der Waals surface area (Å²) in [4.78, 5) is 12.4. The molecule has 0 fully saturated rings. The summed E-state index contributed by atoms with van der Waals surface area (Å²) >= 11 is 6.35. The normalized spacial score (nSPS) is 10.6. The summed E-state index contributed by atoms with van der Waals surface area (Å²) in [6, 6.07) is 5.35. The van der Waals surface area contributed by atoms with Gasteiger partial charge in [-0.15, -0.1) is 11.3 Å². The Kier molecular flexibility index (Phi) is 4.27. The molecule has 0 bridgehead atoms. The standard InChI is InChI=1S/C10H9BrN2O2S2/c11-8-3-4-16-9(8)6-12-5-7-1-2-10(17-7)13(14)15/h1-4,12H,5-6H2. The Bertz CT molecular complexity index is 524. The van der Waals surface area contributed by atoms with Crippen LogP contribution in [0.1, 0.15) is 9.75 Å². The fourth-order valence-electron chi connectivity index (χ4n) is 1.31. The zero-order valence-electron chi connectivity index (χ0n) is 8.68. The van der Waals surface area contributed by atoms with E-state index in [9.17, 15) is 10.1 Å². The van der Waals surface area contributed by atoms with Crippen molar-refractivity contribution in [2.45, 2.75) is 13.1 Å². The molecule has 0 amide bonds. The van der Waals surface area contributed by atoms with Crippen molar-refractivity contribution >= 4 is 43.6 Å². The highest BCUT2D eigenvalue weighted by Gasteiger charge is 2.09. The van der Waals surface area contributed by atoms with E-state index < -0.39 is 0 Å². The Hall–Kier alpha value is -0.760. The molecule has 7 heteroatoms. The van der Waals surface area contributed by atoms with E-state index in [1.54, 1.807) is 23.5 Å². The molecule has 0 atom stereocenters. The second kappa shape index (κ2) is 5.72. The lowest BCUT2D eigenvalue weighted by Gasteiger charge is -2.00. The first-order valence-corrected chi connectivity index (χ1v) is 7.31. The zero-order chi connectivity index (χ0) is 12.3. The monoisotopic (exact) mass is 332 g/mol. The topological polar surface area (TPSA) is 55.2 Å². The summed E-state index contributed by atoms with van der Waals surface area (Å²) in [5.41, 5.74) is 0. The molecule has 0 radical (unpaired) electrons. The average molecular weight is 333 g/mol. The van der Waals surface area contributed by atoms with Crippen LogP contribution in [0.15, 0.2) is 28.1 Å². The van der Waals surface area contributed by atoms with Gasteiger partial charge >= 0.3 is 5.00 Å². The number of nitro groups is 1. The molecule has 4 nitrogen and oxygen atoms in total. The molecule has 90 valence electrons. The molecule has 0 aromatic carbocycles. The summed E-state index contributed by atoms with van der Waals surface area (Å²) in [7, 11) is 0. The van der Waals surface area contributed by atoms with E-state index in [0.29, 0.717) is 6.54 Å². The maximum absolute atomic E-state index is 10.5. The summed E-state index contributed by atoms with van der Waals surface area (Å²) in [6.45, 7) is 1.42. The van der Waals surface area contributed by atoms with Gasteiger partial charge < -0.3 is 5.32 Å². The van der Waals surface area contributed by atoms with E-state index in [1.165, 1.54) is 16.2 Å². The summed E-state index contributed by atoms with van der Waals surface area (Å²) in [5, 5.41) is 16.0. The molecular weight excluding hydrogens is 324 g/mol. The number of nitrogens with one attached hydrogen (secondary N) is 1. The molecule has 0 unspecified atom stereocenters. The minimum atomic E-state index is -0.357. The number of thiophene rings is 2. The van der Waals surface area contributed by atoms with E-state index >= 15 is 0 Å². The van der Waals surface area contributed by atoms with Crippen LogP contribution in [0.5, 0.6) is 0 Å². The fraction of sp³-hybridized carbons (Fsp3) is 0.200. The first kappa shape index (κ1) is 12.7. The van der Waals surface area contributed by atoms with Gasteiger partial charge in [0.25, 0.3) is 0 Å². The average Bonchev–Trinajstić information content (AvgIpc) is 2.89. The maximum atomic E-state index is 10.5. The van der Waals surface area contributed by atoms with Crippen LogP contribution in [0.2, 0.25) is 0 Å². The number of hydrogen-bond donors (Lipinski definition) is 1. The molecule has 1 N–H and O–H groups in total. The number of nitrogens with zero attached hydrogens (tertiary/aromatic N) is 1. The van der Waals surface area contributed by atoms with Gasteiger partial charge in [-0.25, -0.2) is 0 Å². The molecule has 0 aliphatic heterocycles. The lowest BCUT2D eigenvalue weighted by atomic mass is 10.4. The van der Waals surface area contributed by atoms with E-state index in [0.717, 1.165) is 15.9 Å². The molecule has 0 aliphatic rings. The van der Waals surface area contributed by atoms with Crippen LogP contribution in [0.25, 0.3) is 0 Å².